The molecule has 0 spiro atoms. The number of hydrogen-bond acceptors (Lipinski definition) is 5. The van der Waals surface area contributed by atoms with Crippen LogP contribution in [0.3, 0.4) is 0 Å². The molecule has 1 atom stereocenters. The van der Waals surface area contributed by atoms with Gasteiger partial charge in [-0.05, 0) is 51.5 Å². The first kappa shape index (κ1) is 21.2. The number of aromatic nitrogens is 2. The fourth-order valence-electron chi connectivity index (χ4n) is 4.10. The molecule has 0 fully saturated rings. The van der Waals surface area contributed by atoms with Crippen LogP contribution < -0.4 is 11.1 Å². The topological polar surface area (TPSA) is 105 Å². The van der Waals surface area contributed by atoms with E-state index in [1.54, 1.807) is 30.5 Å². The van der Waals surface area contributed by atoms with E-state index in [1.807, 2.05) is 13.8 Å². The minimum absolute atomic E-state index is 0.0519. The van der Waals surface area contributed by atoms with E-state index in [2.05, 4.69) is 0 Å². The quantitative estimate of drug-likeness (QED) is 0.600. The SMILES string of the molecule is CCn1c(C)c(C(c2ccc(O)cc2)c2c(O)cc(C)n(CC)c2=O)c(O)cc1=O. The highest BCUT2D eigenvalue weighted by Gasteiger charge is 2.30. The van der Waals surface area contributed by atoms with Gasteiger partial charge < -0.3 is 24.5 Å². The molecular weight excluding hydrogens is 384 g/mol. The van der Waals surface area contributed by atoms with Gasteiger partial charge in [-0.2, -0.15) is 0 Å². The molecule has 1 aromatic carbocycles. The molecule has 0 bridgehead atoms. The number of rotatable bonds is 5. The average molecular weight is 410 g/mol. The Hall–Kier alpha value is -3.48. The third-order valence-electron chi connectivity index (χ3n) is 5.56. The molecule has 0 amide bonds. The van der Waals surface area contributed by atoms with Crippen molar-refractivity contribution in [1.29, 1.82) is 0 Å². The summed E-state index contributed by atoms with van der Waals surface area (Å²) < 4.78 is 3.05. The predicted octanol–water partition coefficient (Wildman–Crippen LogP) is 2.96. The number of pyridine rings is 2. The van der Waals surface area contributed by atoms with Crippen LogP contribution in [0.15, 0.2) is 46.0 Å². The molecule has 3 rings (SSSR count). The summed E-state index contributed by atoms with van der Waals surface area (Å²) in [4.78, 5) is 25.7. The normalized spacial score (nSPS) is 12.1. The number of phenolic OH excluding ortho intramolecular Hbond substituents is 1. The lowest BCUT2D eigenvalue weighted by molar-refractivity contribution is 0.449. The molecule has 0 aliphatic rings. The van der Waals surface area contributed by atoms with E-state index in [9.17, 15) is 24.9 Å². The smallest absolute Gasteiger partial charge is 0.258 e. The van der Waals surface area contributed by atoms with Crippen LogP contribution in [-0.2, 0) is 13.1 Å². The van der Waals surface area contributed by atoms with Crippen LogP contribution >= 0.6 is 0 Å². The average Bonchev–Trinajstić information content (AvgIpc) is 2.67. The van der Waals surface area contributed by atoms with Crippen molar-refractivity contribution in [2.24, 2.45) is 0 Å². The summed E-state index contributed by atoms with van der Waals surface area (Å²) >= 11 is 0. The summed E-state index contributed by atoms with van der Waals surface area (Å²) in [7, 11) is 0. The van der Waals surface area contributed by atoms with Crippen molar-refractivity contribution in [3.63, 3.8) is 0 Å². The number of aryl methyl sites for hydroxylation is 1. The molecule has 1 unspecified atom stereocenters. The van der Waals surface area contributed by atoms with Gasteiger partial charge in [-0.3, -0.25) is 9.59 Å². The fourth-order valence-corrected chi connectivity index (χ4v) is 4.10. The fraction of sp³-hybridized carbons (Fsp3) is 0.304. The van der Waals surface area contributed by atoms with Crippen LogP contribution in [0.1, 0.15) is 47.8 Å². The highest BCUT2D eigenvalue weighted by molar-refractivity contribution is 5.54. The second-order valence-corrected chi connectivity index (χ2v) is 7.27. The molecule has 7 heteroatoms. The summed E-state index contributed by atoms with van der Waals surface area (Å²) in [6, 6.07) is 8.88. The molecule has 2 heterocycles. The molecule has 158 valence electrons. The Morgan fingerprint density at radius 3 is 1.97 bits per heavy atom. The van der Waals surface area contributed by atoms with Crippen molar-refractivity contribution in [2.75, 3.05) is 0 Å². The van der Waals surface area contributed by atoms with Crippen LogP contribution in [-0.4, -0.2) is 24.5 Å². The minimum Gasteiger partial charge on any atom is -0.508 e. The maximum atomic E-state index is 13.3. The van der Waals surface area contributed by atoms with Crippen LogP contribution in [0.5, 0.6) is 17.2 Å². The number of hydrogen-bond donors (Lipinski definition) is 3. The second-order valence-electron chi connectivity index (χ2n) is 7.27. The molecule has 0 aliphatic carbocycles. The second kappa shape index (κ2) is 8.10. The molecule has 0 aliphatic heterocycles. The standard InChI is InChI=1S/C23H26N2O5/c1-5-24-13(3)11-17(27)22(23(24)30)21(15-7-9-16(26)10-8-15)20-14(4)25(6-2)19(29)12-18(20)28/h7-12,21,26-28H,5-6H2,1-4H3. The summed E-state index contributed by atoms with van der Waals surface area (Å²) in [5.74, 6) is -1.22. The van der Waals surface area contributed by atoms with E-state index in [1.165, 1.54) is 22.8 Å². The molecule has 0 saturated heterocycles. The van der Waals surface area contributed by atoms with Crippen molar-refractivity contribution in [3.8, 4) is 17.2 Å². The number of nitrogens with zero attached hydrogens (tertiary/aromatic N) is 2. The van der Waals surface area contributed by atoms with Gasteiger partial charge in [-0.1, -0.05) is 12.1 Å². The molecule has 2 aromatic heterocycles. The molecule has 0 radical (unpaired) electrons. The van der Waals surface area contributed by atoms with Crippen molar-refractivity contribution in [2.45, 2.75) is 46.7 Å². The van der Waals surface area contributed by atoms with Gasteiger partial charge in [-0.15, -0.1) is 0 Å². The number of phenols is 1. The molecule has 0 saturated carbocycles. The van der Waals surface area contributed by atoms with E-state index in [-0.39, 0.29) is 33.9 Å². The zero-order chi connectivity index (χ0) is 22.2. The van der Waals surface area contributed by atoms with Crippen molar-refractivity contribution in [3.05, 3.63) is 85.2 Å². The van der Waals surface area contributed by atoms with E-state index < -0.39 is 5.92 Å². The number of benzene rings is 1. The number of aromatic hydroxyl groups is 3. The van der Waals surface area contributed by atoms with Crippen LogP contribution in [0.2, 0.25) is 0 Å². The van der Waals surface area contributed by atoms with Crippen LogP contribution in [0.4, 0.5) is 0 Å². The van der Waals surface area contributed by atoms with Crippen LogP contribution in [0.25, 0.3) is 0 Å². The maximum Gasteiger partial charge on any atom is 0.258 e. The van der Waals surface area contributed by atoms with E-state index in [0.29, 0.717) is 35.6 Å². The van der Waals surface area contributed by atoms with Gasteiger partial charge >= 0.3 is 0 Å². The Bertz CT molecular complexity index is 1210. The Labute approximate surface area is 174 Å². The third kappa shape index (κ3) is 3.47. The first-order valence-electron chi connectivity index (χ1n) is 9.86. The minimum atomic E-state index is -0.838. The van der Waals surface area contributed by atoms with Gasteiger partial charge in [0.25, 0.3) is 11.1 Å². The first-order chi connectivity index (χ1) is 14.2. The van der Waals surface area contributed by atoms with Crippen molar-refractivity contribution in [1.82, 2.24) is 9.13 Å². The van der Waals surface area contributed by atoms with Crippen molar-refractivity contribution >= 4 is 0 Å². The van der Waals surface area contributed by atoms with Gasteiger partial charge in [0, 0.05) is 42.0 Å². The molecule has 3 aromatic rings. The molecular formula is C23H26N2O5. The predicted molar refractivity (Wildman–Crippen MR) is 115 cm³/mol. The van der Waals surface area contributed by atoms with Gasteiger partial charge in [0.1, 0.15) is 17.2 Å². The zero-order valence-corrected chi connectivity index (χ0v) is 17.5. The highest BCUT2D eigenvalue weighted by Crippen LogP contribution is 2.40. The Balaban J connectivity index is 2.46. The Morgan fingerprint density at radius 1 is 0.833 bits per heavy atom. The largest absolute Gasteiger partial charge is 0.508 e. The molecule has 3 N–H and O–H groups in total. The van der Waals surface area contributed by atoms with E-state index in [4.69, 9.17) is 0 Å². The highest BCUT2D eigenvalue weighted by atomic mass is 16.3. The maximum absolute atomic E-state index is 13.3. The zero-order valence-electron chi connectivity index (χ0n) is 17.5. The lowest BCUT2D eigenvalue weighted by atomic mass is 9.83. The van der Waals surface area contributed by atoms with Gasteiger partial charge in [0.05, 0.1) is 5.56 Å². The van der Waals surface area contributed by atoms with E-state index >= 15 is 0 Å². The van der Waals surface area contributed by atoms with Gasteiger partial charge in [0.2, 0.25) is 0 Å². The van der Waals surface area contributed by atoms with Crippen LogP contribution in [0, 0.1) is 13.8 Å². The Kier molecular flexibility index (Phi) is 5.73. The summed E-state index contributed by atoms with van der Waals surface area (Å²) in [6.07, 6.45) is 0. The summed E-state index contributed by atoms with van der Waals surface area (Å²) in [5, 5.41) is 31.3. The van der Waals surface area contributed by atoms with Gasteiger partial charge in [0.15, 0.2) is 0 Å². The van der Waals surface area contributed by atoms with Crippen molar-refractivity contribution < 1.29 is 15.3 Å². The molecule has 7 nitrogen and oxygen atoms in total. The lowest BCUT2D eigenvalue weighted by Crippen LogP contribution is -2.29. The summed E-state index contributed by atoms with van der Waals surface area (Å²) in [5.41, 5.74) is 1.46. The first-order valence-corrected chi connectivity index (χ1v) is 9.86. The third-order valence-corrected chi connectivity index (χ3v) is 5.56. The Morgan fingerprint density at radius 2 is 1.40 bits per heavy atom. The van der Waals surface area contributed by atoms with Gasteiger partial charge in [-0.25, -0.2) is 0 Å². The lowest BCUT2D eigenvalue weighted by Gasteiger charge is -2.25. The van der Waals surface area contributed by atoms with E-state index in [0.717, 1.165) is 6.07 Å². The molecule has 30 heavy (non-hydrogen) atoms. The summed E-state index contributed by atoms with van der Waals surface area (Å²) in [6.45, 7) is 7.91. The monoisotopic (exact) mass is 410 g/mol.